The summed E-state index contributed by atoms with van der Waals surface area (Å²) in [5, 5.41) is 8.49. The van der Waals surface area contributed by atoms with Gasteiger partial charge in [-0.15, -0.1) is 5.10 Å². The fourth-order valence-electron chi connectivity index (χ4n) is 3.40. The first-order chi connectivity index (χ1) is 10.9. The van der Waals surface area contributed by atoms with Gasteiger partial charge >= 0.3 is 0 Å². The number of anilines is 3. The van der Waals surface area contributed by atoms with Crippen LogP contribution in [0.4, 0.5) is 17.5 Å². The molecule has 1 aromatic heterocycles. The fourth-order valence-corrected chi connectivity index (χ4v) is 3.40. The van der Waals surface area contributed by atoms with E-state index >= 15 is 0 Å². The van der Waals surface area contributed by atoms with Crippen LogP contribution in [-0.4, -0.2) is 34.8 Å². The van der Waals surface area contributed by atoms with Crippen molar-refractivity contribution in [2.75, 3.05) is 29.4 Å². The molecule has 0 atom stereocenters. The molecular weight excluding hydrogens is 274 g/mol. The lowest BCUT2D eigenvalue weighted by atomic mass is 10.2. The van der Waals surface area contributed by atoms with Crippen LogP contribution in [0.15, 0.2) is 30.5 Å². The van der Waals surface area contributed by atoms with E-state index in [1.54, 1.807) is 6.20 Å². The number of rotatable bonds is 2. The molecule has 0 amide bonds. The van der Waals surface area contributed by atoms with Crippen LogP contribution in [-0.2, 0) is 6.42 Å². The fraction of sp³-hybridized carbons (Fsp3) is 0.471. The third-order valence-electron chi connectivity index (χ3n) is 4.59. The van der Waals surface area contributed by atoms with Gasteiger partial charge in [0.15, 0.2) is 5.82 Å². The molecule has 2 aliphatic rings. The molecule has 2 aromatic rings. The second kappa shape index (κ2) is 5.91. The van der Waals surface area contributed by atoms with Gasteiger partial charge < -0.3 is 9.80 Å². The van der Waals surface area contributed by atoms with Gasteiger partial charge in [0, 0.05) is 25.3 Å². The van der Waals surface area contributed by atoms with Crippen molar-refractivity contribution < 1.29 is 0 Å². The summed E-state index contributed by atoms with van der Waals surface area (Å²) in [5.74, 6) is 1.70. The van der Waals surface area contributed by atoms with Crippen molar-refractivity contribution in [2.24, 2.45) is 0 Å². The third kappa shape index (κ3) is 2.51. The van der Waals surface area contributed by atoms with Crippen LogP contribution in [0.1, 0.15) is 31.2 Å². The summed E-state index contributed by atoms with van der Waals surface area (Å²) in [4.78, 5) is 9.34. The number of hydrogen-bond acceptors (Lipinski definition) is 5. The maximum absolute atomic E-state index is 4.80. The van der Waals surface area contributed by atoms with Crippen molar-refractivity contribution in [3.63, 3.8) is 0 Å². The number of benzene rings is 1. The molecule has 0 bridgehead atoms. The molecule has 1 fully saturated rings. The smallest absolute Gasteiger partial charge is 0.251 e. The van der Waals surface area contributed by atoms with Crippen LogP contribution >= 0.6 is 0 Å². The summed E-state index contributed by atoms with van der Waals surface area (Å²) in [5.41, 5.74) is 2.59. The highest BCUT2D eigenvalue weighted by Crippen LogP contribution is 2.32. The Morgan fingerprint density at radius 3 is 2.59 bits per heavy atom. The lowest BCUT2D eigenvalue weighted by Crippen LogP contribution is -2.26. The Morgan fingerprint density at radius 1 is 0.909 bits per heavy atom. The van der Waals surface area contributed by atoms with E-state index in [-0.39, 0.29) is 0 Å². The first-order valence-corrected chi connectivity index (χ1v) is 8.22. The second-order valence-electron chi connectivity index (χ2n) is 6.05. The molecule has 0 unspecified atom stereocenters. The largest absolute Gasteiger partial charge is 0.355 e. The number of fused-ring (bicyclic) bond motifs is 1. The molecular formula is C17H21N5. The van der Waals surface area contributed by atoms with Crippen LogP contribution in [0.3, 0.4) is 0 Å². The maximum atomic E-state index is 4.80. The zero-order chi connectivity index (χ0) is 14.8. The molecule has 4 rings (SSSR count). The van der Waals surface area contributed by atoms with E-state index in [1.807, 2.05) is 0 Å². The zero-order valence-electron chi connectivity index (χ0n) is 12.8. The van der Waals surface area contributed by atoms with Crippen molar-refractivity contribution in [3.05, 3.63) is 36.0 Å². The molecule has 3 heterocycles. The van der Waals surface area contributed by atoms with E-state index in [0.717, 1.165) is 37.8 Å². The predicted octanol–water partition coefficient (Wildman–Crippen LogP) is 2.95. The summed E-state index contributed by atoms with van der Waals surface area (Å²) in [6.07, 6.45) is 7.98. The molecule has 1 saturated heterocycles. The van der Waals surface area contributed by atoms with E-state index in [0.29, 0.717) is 0 Å². The molecule has 114 valence electrons. The average Bonchev–Trinajstić information content (AvgIpc) is 2.81. The van der Waals surface area contributed by atoms with E-state index in [1.165, 1.54) is 36.9 Å². The van der Waals surface area contributed by atoms with Gasteiger partial charge in [-0.25, -0.2) is 0 Å². The Labute approximate surface area is 131 Å². The Bertz CT molecular complexity index is 649. The van der Waals surface area contributed by atoms with Crippen molar-refractivity contribution >= 4 is 17.5 Å². The minimum Gasteiger partial charge on any atom is -0.355 e. The second-order valence-corrected chi connectivity index (χ2v) is 6.05. The highest BCUT2D eigenvalue weighted by molar-refractivity contribution is 5.66. The van der Waals surface area contributed by atoms with Crippen LogP contribution < -0.4 is 9.80 Å². The Morgan fingerprint density at radius 2 is 1.73 bits per heavy atom. The molecule has 22 heavy (non-hydrogen) atoms. The lowest BCUT2D eigenvalue weighted by Gasteiger charge is -2.23. The molecule has 0 aliphatic carbocycles. The molecule has 0 saturated carbocycles. The van der Waals surface area contributed by atoms with Gasteiger partial charge in [-0.3, -0.25) is 0 Å². The highest BCUT2D eigenvalue weighted by Gasteiger charge is 2.23. The van der Waals surface area contributed by atoms with Crippen LogP contribution in [0, 0.1) is 0 Å². The van der Waals surface area contributed by atoms with E-state index < -0.39 is 0 Å². The summed E-state index contributed by atoms with van der Waals surface area (Å²) in [7, 11) is 0. The molecule has 2 aliphatic heterocycles. The normalized spacial score (nSPS) is 18.2. The monoisotopic (exact) mass is 295 g/mol. The Kier molecular flexibility index (Phi) is 3.62. The molecule has 5 heteroatoms. The van der Waals surface area contributed by atoms with Crippen LogP contribution in [0.25, 0.3) is 0 Å². The predicted molar refractivity (Wildman–Crippen MR) is 87.7 cm³/mol. The zero-order valence-corrected chi connectivity index (χ0v) is 12.8. The SMILES string of the molecule is c1ccc2c(c1)CCN2c1nncc(N2CCCCCC2)n1. The summed E-state index contributed by atoms with van der Waals surface area (Å²) >= 11 is 0. The van der Waals surface area contributed by atoms with Crippen molar-refractivity contribution in [2.45, 2.75) is 32.1 Å². The molecule has 1 aromatic carbocycles. The first-order valence-electron chi connectivity index (χ1n) is 8.22. The Balaban J connectivity index is 1.62. The summed E-state index contributed by atoms with van der Waals surface area (Å²) < 4.78 is 0. The third-order valence-corrected chi connectivity index (χ3v) is 4.59. The summed E-state index contributed by atoms with van der Waals surface area (Å²) in [6.45, 7) is 3.09. The summed E-state index contributed by atoms with van der Waals surface area (Å²) in [6, 6.07) is 8.49. The number of nitrogens with zero attached hydrogens (tertiary/aromatic N) is 5. The molecule has 0 spiro atoms. The maximum Gasteiger partial charge on any atom is 0.251 e. The lowest BCUT2D eigenvalue weighted by molar-refractivity contribution is 0.726. The van der Waals surface area contributed by atoms with E-state index in [4.69, 9.17) is 4.98 Å². The van der Waals surface area contributed by atoms with Crippen molar-refractivity contribution in [1.82, 2.24) is 15.2 Å². The van der Waals surface area contributed by atoms with Crippen molar-refractivity contribution in [1.29, 1.82) is 0 Å². The number of hydrogen-bond donors (Lipinski definition) is 0. The topological polar surface area (TPSA) is 45.2 Å². The molecule has 0 N–H and O–H groups in total. The van der Waals surface area contributed by atoms with Gasteiger partial charge in [0.1, 0.15) is 0 Å². The average molecular weight is 295 g/mol. The Hall–Kier alpha value is -2.17. The molecule has 5 nitrogen and oxygen atoms in total. The number of aromatic nitrogens is 3. The number of para-hydroxylation sites is 1. The van der Waals surface area contributed by atoms with Crippen molar-refractivity contribution in [3.8, 4) is 0 Å². The highest BCUT2D eigenvalue weighted by atomic mass is 15.4. The first kappa shape index (κ1) is 13.5. The molecule has 0 radical (unpaired) electrons. The van der Waals surface area contributed by atoms with Crippen LogP contribution in [0.2, 0.25) is 0 Å². The van der Waals surface area contributed by atoms with Crippen LogP contribution in [0.5, 0.6) is 0 Å². The standard InChI is InChI=1S/C17H21N5/c1-2-6-11-21(10-5-1)16-13-18-20-17(19-16)22-12-9-14-7-3-4-8-15(14)22/h3-4,7-8,13H,1-2,5-6,9-12H2. The van der Waals surface area contributed by atoms with Gasteiger partial charge in [-0.1, -0.05) is 31.0 Å². The minimum absolute atomic E-state index is 0.728. The van der Waals surface area contributed by atoms with Gasteiger partial charge in [-0.05, 0) is 30.9 Å². The quantitative estimate of drug-likeness (QED) is 0.852. The van der Waals surface area contributed by atoms with Gasteiger partial charge in [-0.2, -0.15) is 10.1 Å². The minimum atomic E-state index is 0.728. The van der Waals surface area contributed by atoms with Gasteiger partial charge in [0.2, 0.25) is 0 Å². The van der Waals surface area contributed by atoms with Gasteiger partial charge in [0.25, 0.3) is 5.95 Å². The van der Waals surface area contributed by atoms with E-state index in [2.05, 4.69) is 44.3 Å². The van der Waals surface area contributed by atoms with E-state index in [9.17, 15) is 0 Å². The van der Waals surface area contributed by atoms with Gasteiger partial charge in [0.05, 0.1) is 6.20 Å².